The molecule has 3 heteroatoms. The molecule has 0 radical (unpaired) electrons. The summed E-state index contributed by atoms with van der Waals surface area (Å²) in [4.78, 5) is 0. The number of aliphatic hydroxyl groups excluding tert-OH is 1. The highest BCUT2D eigenvalue weighted by molar-refractivity contribution is 9.10. The van der Waals surface area contributed by atoms with Gasteiger partial charge in [-0.2, -0.15) is 0 Å². The van der Waals surface area contributed by atoms with E-state index in [0.717, 1.165) is 29.4 Å². The number of nitrogens with zero attached hydrogens (tertiary/aromatic N) is 1. The van der Waals surface area contributed by atoms with Gasteiger partial charge in [0.25, 0.3) is 0 Å². The lowest BCUT2D eigenvalue weighted by Crippen LogP contribution is -1.98. The molecule has 1 aromatic carbocycles. The van der Waals surface area contributed by atoms with Gasteiger partial charge < -0.3 is 9.67 Å². The molecule has 0 spiro atoms. The summed E-state index contributed by atoms with van der Waals surface area (Å²) in [5.74, 6) is 0. The Morgan fingerprint density at radius 3 is 2.78 bits per heavy atom. The number of hydrogen-bond donors (Lipinski definition) is 1. The molecule has 0 bridgehead atoms. The van der Waals surface area contributed by atoms with Crippen LogP contribution in [0.3, 0.4) is 0 Å². The van der Waals surface area contributed by atoms with Crippen LogP contribution in [0.5, 0.6) is 0 Å². The second-order valence-electron chi connectivity index (χ2n) is 4.51. The SMILES string of the molecule is CCCC(O)c1ccn(Cc2ccccc2Br)c1. The van der Waals surface area contributed by atoms with Gasteiger partial charge in [-0.05, 0) is 29.7 Å². The maximum Gasteiger partial charge on any atom is 0.0804 e. The number of benzene rings is 1. The quantitative estimate of drug-likeness (QED) is 0.882. The summed E-state index contributed by atoms with van der Waals surface area (Å²) in [6.45, 7) is 2.90. The van der Waals surface area contributed by atoms with Gasteiger partial charge >= 0.3 is 0 Å². The highest BCUT2D eigenvalue weighted by atomic mass is 79.9. The Labute approximate surface area is 116 Å². The third kappa shape index (κ3) is 3.24. The first-order valence-corrected chi connectivity index (χ1v) is 7.07. The fourth-order valence-electron chi connectivity index (χ4n) is 2.02. The van der Waals surface area contributed by atoms with Gasteiger partial charge in [0.2, 0.25) is 0 Å². The van der Waals surface area contributed by atoms with Gasteiger partial charge in [-0.25, -0.2) is 0 Å². The number of rotatable bonds is 5. The van der Waals surface area contributed by atoms with Crippen LogP contribution in [-0.4, -0.2) is 9.67 Å². The van der Waals surface area contributed by atoms with Gasteiger partial charge in [0.05, 0.1) is 6.10 Å². The van der Waals surface area contributed by atoms with E-state index < -0.39 is 0 Å². The van der Waals surface area contributed by atoms with Crippen LogP contribution in [0.1, 0.15) is 37.0 Å². The lowest BCUT2D eigenvalue weighted by molar-refractivity contribution is 0.166. The lowest BCUT2D eigenvalue weighted by Gasteiger charge is -2.07. The first kappa shape index (κ1) is 13.4. The Morgan fingerprint density at radius 2 is 2.06 bits per heavy atom. The van der Waals surface area contributed by atoms with Crippen molar-refractivity contribution in [2.75, 3.05) is 0 Å². The average Bonchev–Trinajstić information content (AvgIpc) is 2.81. The molecule has 1 atom stereocenters. The van der Waals surface area contributed by atoms with E-state index in [2.05, 4.69) is 33.5 Å². The molecule has 0 saturated heterocycles. The molecule has 0 aliphatic rings. The fourth-order valence-corrected chi connectivity index (χ4v) is 2.43. The van der Waals surface area contributed by atoms with Gasteiger partial charge in [0.1, 0.15) is 0 Å². The summed E-state index contributed by atoms with van der Waals surface area (Å²) >= 11 is 3.55. The summed E-state index contributed by atoms with van der Waals surface area (Å²) in [5, 5.41) is 9.93. The predicted octanol–water partition coefficient (Wildman–Crippen LogP) is 4.13. The largest absolute Gasteiger partial charge is 0.388 e. The third-order valence-electron chi connectivity index (χ3n) is 3.03. The molecule has 1 unspecified atom stereocenters. The number of halogens is 1. The molecular formula is C15H18BrNO. The van der Waals surface area contributed by atoms with Crippen LogP contribution in [0.2, 0.25) is 0 Å². The molecule has 0 fully saturated rings. The molecule has 2 rings (SSSR count). The third-order valence-corrected chi connectivity index (χ3v) is 3.80. The van der Waals surface area contributed by atoms with Crippen LogP contribution in [0.4, 0.5) is 0 Å². The molecule has 0 amide bonds. The fraction of sp³-hybridized carbons (Fsp3) is 0.333. The highest BCUT2D eigenvalue weighted by Gasteiger charge is 2.08. The zero-order chi connectivity index (χ0) is 13.0. The molecule has 2 aromatic rings. The zero-order valence-corrected chi connectivity index (χ0v) is 12.1. The van der Waals surface area contributed by atoms with Gasteiger partial charge in [0, 0.05) is 23.4 Å². The normalized spacial score (nSPS) is 12.6. The van der Waals surface area contributed by atoms with E-state index in [9.17, 15) is 5.11 Å². The molecule has 1 heterocycles. The molecule has 0 aliphatic carbocycles. The standard InChI is InChI=1S/C15H18BrNO/c1-2-5-15(18)13-8-9-17(11-13)10-12-6-3-4-7-14(12)16/h3-4,6-9,11,15,18H,2,5,10H2,1H3. The van der Waals surface area contributed by atoms with Crippen molar-refractivity contribution in [3.8, 4) is 0 Å². The second-order valence-corrected chi connectivity index (χ2v) is 5.37. The van der Waals surface area contributed by atoms with Gasteiger partial charge in [-0.1, -0.05) is 47.5 Å². The molecule has 96 valence electrons. The summed E-state index contributed by atoms with van der Waals surface area (Å²) in [6.07, 6.45) is 5.53. The van der Waals surface area contributed by atoms with Crippen molar-refractivity contribution in [3.63, 3.8) is 0 Å². The lowest BCUT2D eigenvalue weighted by atomic mass is 10.1. The summed E-state index contributed by atoms with van der Waals surface area (Å²) < 4.78 is 3.23. The number of hydrogen-bond acceptors (Lipinski definition) is 1. The molecule has 2 nitrogen and oxygen atoms in total. The number of aliphatic hydroxyl groups is 1. The van der Waals surface area contributed by atoms with E-state index in [4.69, 9.17) is 0 Å². The minimum absolute atomic E-state index is 0.338. The second kappa shape index (κ2) is 6.21. The van der Waals surface area contributed by atoms with E-state index in [1.165, 1.54) is 5.56 Å². The molecule has 18 heavy (non-hydrogen) atoms. The summed E-state index contributed by atoms with van der Waals surface area (Å²) in [7, 11) is 0. The smallest absolute Gasteiger partial charge is 0.0804 e. The van der Waals surface area contributed by atoms with Crippen LogP contribution in [-0.2, 0) is 6.54 Å². The van der Waals surface area contributed by atoms with Gasteiger partial charge in [-0.15, -0.1) is 0 Å². The van der Waals surface area contributed by atoms with Crippen LogP contribution in [0, 0.1) is 0 Å². The van der Waals surface area contributed by atoms with E-state index in [1.807, 2.05) is 36.7 Å². The topological polar surface area (TPSA) is 25.2 Å². The number of aromatic nitrogens is 1. The van der Waals surface area contributed by atoms with Crippen molar-refractivity contribution >= 4 is 15.9 Å². The summed E-state index contributed by atoms with van der Waals surface area (Å²) in [5.41, 5.74) is 2.24. The first-order chi connectivity index (χ1) is 8.70. The Hall–Kier alpha value is -1.06. The Morgan fingerprint density at radius 1 is 1.28 bits per heavy atom. The maximum atomic E-state index is 9.93. The molecule has 1 aromatic heterocycles. The van der Waals surface area contributed by atoms with Crippen molar-refractivity contribution in [1.82, 2.24) is 4.57 Å². The molecule has 0 aliphatic heterocycles. The first-order valence-electron chi connectivity index (χ1n) is 6.28. The molecule has 1 N–H and O–H groups in total. The van der Waals surface area contributed by atoms with Crippen LogP contribution in [0.25, 0.3) is 0 Å². The van der Waals surface area contributed by atoms with Crippen LogP contribution >= 0.6 is 15.9 Å². The Kier molecular flexibility index (Phi) is 4.61. The van der Waals surface area contributed by atoms with E-state index in [1.54, 1.807) is 0 Å². The Balaban J connectivity index is 2.09. The average molecular weight is 308 g/mol. The van der Waals surface area contributed by atoms with Crippen LogP contribution < -0.4 is 0 Å². The molecular weight excluding hydrogens is 290 g/mol. The van der Waals surface area contributed by atoms with Gasteiger partial charge in [-0.3, -0.25) is 0 Å². The monoisotopic (exact) mass is 307 g/mol. The summed E-state index contributed by atoms with van der Waals surface area (Å²) in [6, 6.07) is 10.2. The van der Waals surface area contributed by atoms with E-state index in [0.29, 0.717) is 0 Å². The minimum atomic E-state index is -0.338. The zero-order valence-electron chi connectivity index (χ0n) is 10.5. The van der Waals surface area contributed by atoms with Crippen molar-refractivity contribution in [1.29, 1.82) is 0 Å². The van der Waals surface area contributed by atoms with Crippen molar-refractivity contribution < 1.29 is 5.11 Å². The minimum Gasteiger partial charge on any atom is -0.388 e. The van der Waals surface area contributed by atoms with Crippen molar-refractivity contribution in [2.24, 2.45) is 0 Å². The van der Waals surface area contributed by atoms with E-state index in [-0.39, 0.29) is 6.10 Å². The predicted molar refractivity (Wildman–Crippen MR) is 77.5 cm³/mol. The Bertz CT molecular complexity index is 507. The van der Waals surface area contributed by atoms with Crippen molar-refractivity contribution in [2.45, 2.75) is 32.4 Å². The maximum absolute atomic E-state index is 9.93. The molecule has 0 saturated carbocycles. The van der Waals surface area contributed by atoms with Gasteiger partial charge in [0.15, 0.2) is 0 Å². The highest BCUT2D eigenvalue weighted by Crippen LogP contribution is 2.21. The van der Waals surface area contributed by atoms with Crippen LogP contribution in [0.15, 0.2) is 47.2 Å². The van der Waals surface area contributed by atoms with E-state index >= 15 is 0 Å². The van der Waals surface area contributed by atoms with Crippen molar-refractivity contribution in [3.05, 3.63) is 58.3 Å².